The first-order chi connectivity index (χ1) is 45.7. The molecule has 2 aromatic carbocycles. The molecule has 0 saturated heterocycles. The molecule has 0 saturated carbocycles. The summed E-state index contributed by atoms with van der Waals surface area (Å²) in [7, 11) is -12.4. The lowest BCUT2D eigenvalue weighted by Crippen LogP contribution is -2.21. The molecule has 0 N–H and O–H groups in total. The van der Waals surface area contributed by atoms with Crippen LogP contribution in [0.4, 0.5) is 0 Å². The lowest BCUT2D eigenvalue weighted by molar-refractivity contribution is 0.168. The number of nitriles is 3. The van der Waals surface area contributed by atoms with Gasteiger partial charge < -0.3 is 36.6 Å². The number of benzene rings is 2. The summed E-state index contributed by atoms with van der Waals surface area (Å²) in [5.41, 5.74) is 2.47. The molecule has 12 atom stereocenters. The summed E-state index contributed by atoms with van der Waals surface area (Å²) in [6.45, 7) is 40.5. The summed E-state index contributed by atoms with van der Waals surface area (Å²) in [5.74, 6) is 3.76. The van der Waals surface area contributed by atoms with E-state index in [0.717, 1.165) is 50.7 Å². The maximum atomic E-state index is 13.5. The number of ether oxygens (including phenoxy) is 1. The van der Waals surface area contributed by atoms with Crippen LogP contribution in [0.2, 0.25) is 0 Å². The van der Waals surface area contributed by atoms with E-state index >= 15 is 0 Å². The predicted octanol–water partition coefficient (Wildman–Crippen LogP) is 26.6. The summed E-state index contributed by atoms with van der Waals surface area (Å²) in [6, 6.07) is 27.9. The summed E-state index contributed by atoms with van der Waals surface area (Å²) in [4.78, 5) is -0.872. The Morgan fingerprint density at radius 1 is 0.540 bits per heavy atom. The topological polar surface area (TPSA) is 201 Å². The van der Waals surface area contributed by atoms with Gasteiger partial charge in [0, 0.05) is 50.5 Å². The van der Waals surface area contributed by atoms with Crippen LogP contribution in [-0.2, 0) is 41.2 Å². The molecule has 0 radical (unpaired) electrons. The molecule has 0 aliphatic rings. The van der Waals surface area contributed by atoms with Crippen LogP contribution in [0.3, 0.4) is 0 Å². The fourth-order valence-electron chi connectivity index (χ4n) is 10.9. The Kier molecular flexibility index (Phi) is 58.9. The number of hydrogen-bond donors (Lipinski definition) is 1. The molecule has 0 aromatic heterocycles. The summed E-state index contributed by atoms with van der Waals surface area (Å²) < 4.78 is 92.6. The van der Waals surface area contributed by atoms with Crippen molar-refractivity contribution in [2.24, 2.45) is 23.7 Å². The average molecular weight is 1580 g/mol. The highest BCUT2D eigenvalue weighted by Gasteiger charge is 2.39. The Balaban J connectivity index is -0.000000656. The number of rotatable bonds is 45. The van der Waals surface area contributed by atoms with Gasteiger partial charge in [0.15, 0.2) is 0 Å². The molecule has 0 aliphatic carbocycles. The van der Waals surface area contributed by atoms with Gasteiger partial charge in [-0.1, -0.05) is 165 Å². The second-order valence-corrected chi connectivity index (χ2v) is 53.5. The van der Waals surface area contributed by atoms with E-state index in [2.05, 4.69) is 183 Å². The van der Waals surface area contributed by atoms with Gasteiger partial charge >= 0.3 is 7.60 Å². The Morgan fingerprint density at radius 3 is 1.30 bits per heavy atom. The predicted molar refractivity (Wildman–Crippen MR) is 457 cm³/mol. The molecule has 0 heterocycles. The van der Waals surface area contributed by atoms with E-state index in [9.17, 15) is 27.4 Å². The van der Waals surface area contributed by atoms with Gasteiger partial charge in [0.25, 0.3) is 0 Å². The van der Waals surface area contributed by atoms with Gasteiger partial charge in [-0.2, -0.15) is 28.4 Å². The maximum Gasteiger partial charge on any atom is 0.343 e. The van der Waals surface area contributed by atoms with E-state index < -0.39 is 48.3 Å². The molecule has 0 fully saturated rings. The van der Waals surface area contributed by atoms with Crippen LogP contribution in [0.1, 0.15) is 208 Å². The third-order valence-electron chi connectivity index (χ3n) is 17.9. The lowest BCUT2D eigenvalue weighted by Gasteiger charge is -2.30. The van der Waals surface area contributed by atoms with E-state index in [4.69, 9.17) is 41.8 Å². The molecule has 12 unspecified atom stereocenters. The maximum absolute atomic E-state index is 13.5. The highest BCUT2D eigenvalue weighted by molar-refractivity contribution is 8.26. The molecule has 22 heteroatoms. The molecule has 2 aromatic rings. The largest absolute Gasteiger partial charge is 0.475 e. The zero-order valence-electron chi connectivity index (χ0n) is 63.7. The average Bonchev–Trinajstić information content (AvgIpc) is 0.836. The third-order valence-corrected chi connectivity index (χ3v) is 36.9. The first kappa shape index (κ1) is 104. The zero-order chi connectivity index (χ0) is 75.4. The summed E-state index contributed by atoms with van der Waals surface area (Å²) >= 11 is 12.6. The number of thiocarbonyl (C=S) groups is 1. The number of nitrogens with zero attached hydrogens (tertiary/aromatic N) is 3. The van der Waals surface area contributed by atoms with Crippen LogP contribution >= 0.6 is 91.7 Å². The van der Waals surface area contributed by atoms with Gasteiger partial charge in [0.2, 0.25) is 4.38 Å². The summed E-state index contributed by atoms with van der Waals surface area (Å²) in [6.07, 6.45) is 28.8. The van der Waals surface area contributed by atoms with Gasteiger partial charge in [-0.05, 0) is 241 Å². The minimum atomic E-state index is -3.38. The number of thiol groups is 1. The van der Waals surface area contributed by atoms with Gasteiger partial charge in [0.1, 0.15) is 4.99 Å². The molecule has 574 valence electrons. The minimum absolute atomic E-state index is 0. The van der Waals surface area contributed by atoms with E-state index in [-0.39, 0.29) is 47.9 Å². The quantitative estimate of drug-likeness (QED) is 0.0284. The SMILES string of the molecule is C.C.C=CC(CC/C=C/CC)CC(C)c1ccccc1.C=CC(CC/C=C/CC)CC(CC(C)CCSC(CC(CCC#N)P(C)(C)=O)P(=O)(OC)OC)c1ccccc1.CC(C)C(C)OC(=S)SC(CC(CCC#N)P(C)(C)=O)P(C)(C)=O.CP(C)(=O)C(S)CC(CCC#N)P(C)(C)=O. The van der Waals surface area contributed by atoms with Crippen molar-refractivity contribution < 1.29 is 41.2 Å². The first-order valence-corrected chi connectivity index (χ1v) is 52.9. The van der Waals surface area contributed by atoms with Crippen LogP contribution < -0.4 is 0 Å². The van der Waals surface area contributed by atoms with Crippen molar-refractivity contribution in [1.29, 1.82) is 15.8 Å². The molecular weight excluding hydrogens is 1440 g/mol. The Morgan fingerprint density at radius 2 is 0.940 bits per heavy atom. The second kappa shape index (κ2) is 56.4. The van der Waals surface area contributed by atoms with Crippen LogP contribution in [0, 0.1) is 57.7 Å². The Bertz CT molecular complexity index is 3020. The fourth-order valence-corrected chi connectivity index (χ4v) is 24.6. The molecule has 100 heavy (non-hydrogen) atoms. The van der Waals surface area contributed by atoms with Gasteiger partial charge in [-0.15, -0.1) is 24.9 Å². The third kappa shape index (κ3) is 48.3. The van der Waals surface area contributed by atoms with E-state index in [1.54, 1.807) is 78.4 Å². The van der Waals surface area contributed by atoms with Crippen LogP contribution in [0.5, 0.6) is 0 Å². The molecule has 0 bridgehead atoms. The monoisotopic (exact) mass is 1580 g/mol. The van der Waals surface area contributed by atoms with E-state index in [1.807, 2.05) is 6.92 Å². The van der Waals surface area contributed by atoms with Crippen molar-refractivity contribution in [1.82, 2.24) is 0 Å². The van der Waals surface area contributed by atoms with Crippen molar-refractivity contribution >= 4 is 96.1 Å². The molecule has 0 aliphatic heterocycles. The van der Waals surface area contributed by atoms with Crippen molar-refractivity contribution in [3.05, 3.63) is 121 Å². The highest BCUT2D eigenvalue weighted by atomic mass is 32.2. The van der Waals surface area contributed by atoms with Crippen LogP contribution in [0.15, 0.2) is 110 Å². The molecule has 0 spiro atoms. The Labute approximate surface area is 633 Å². The minimum Gasteiger partial charge on any atom is -0.475 e. The molecule has 0 amide bonds. The number of hydrogen-bond acceptors (Lipinski definition) is 16. The van der Waals surface area contributed by atoms with Crippen LogP contribution in [0.25, 0.3) is 0 Å². The van der Waals surface area contributed by atoms with E-state index in [1.165, 1.54) is 56.4 Å². The molecule has 12 nitrogen and oxygen atoms in total. The first-order valence-electron chi connectivity index (χ1n) is 35.1. The van der Waals surface area contributed by atoms with Crippen LogP contribution in [-0.4, -0.2) is 129 Å². The number of allylic oxidation sites excluding steroid dienone is 6. The second-order valence-electron chi connectivity index (χ2n) is 28.5. The van der Waals surface area contributed by atoms with Crippen molar-refractivity contribution in [3.8, 4) is 18.2 Å². The van der Waals surface area contributed by atoms with E-state index in [0.29, 0.717) is 97.7 Å². The van der Waals surface area contributed by atoms with Crippen molar-refractivity contribution in [2.45, 2.75) is 235 Å². The van der Waals surface area contributed by atoms with Gasteiger partial charge in [-0.3, -0.25) is 4.57 Å². The standard InChI is InChI=1S/C32H53NO4P2S.C18H26.C16H31NO3P2S2.C10H21NO2P2S.2CH4/c1-8-10-11-13-17-28(9-2)25-30(29-18-14-12-15-19-29)24-27(3)21-23-40-32(39(35,36-4)37-5)26-31(20-16-22-33)38(6,7)34;1-4-6-7-9-12-17(5-2)15-16(3)18-13-10-8-11-14-18;1-12(2)13(3)20-16(23)24-15(22(6,7)19)11-14(9-8-10-17)21(4,5)18;1-14(2,12)9(6-5-7-11)8-10(16)15(3,4)13;;/h9-12,14-15,18-19,27-28,30-32H,2,8,13,16-17,20-21,23-26H2,1,3-7H3;5-8,10-11,13-14,16-17H,2,4,9,12,15H2,1,3H3;12-15H,8-9,11H2,1-7H3;9-10,16H,5-6,8H2,1-4H3;2*1H4/b11-10+;7-6+;;;;. The zero-order valence-corrected chi connectivity index (χ0v) is 72.4. The highest BCUT2D eigenvalue weighted by Crippen LogP contribution is 2.61. The smallest absolute Gasteiger partial charge is 0.343 e. The molecular formula is C78H139N3O9P6S4. The molecule has 2 rings (SSSR count). The van der Waals surface area contributed by atoms with Crippen molar-refractivity contribution in [2.75, 3.05) is 86.6 Å². The van der Waals surface area contributed by atoms with Gasteiger partial charge in [0.05, 0.1) is 70.0 Å². The normalized spacial score (nSPS) is 15.7. The number of thioether (sulfide) groups is 2. The van der Waals surface area contributed by atoms with Crippen molar-refractivity contribution in [3.63, 3.8) is 0 Å². The van der Waals surface area contributed by atoms with Gasteiger partial charge in [-0.25, -0.2) is 0 Å². The summed E-state index contributed by atoms with van der Waals surface area (Å²) in [5, 5.41) is 26.5. The fraction of sp³-hybridized carbons (Fsp3) is 0.692. The Hall–Kier alpha value is -1.89. The lowest BCUT2D eigenvalue weighted by atomic mass is 9.81.